The van der Waals surface area contributed by atoms with Crippen LogP contribution in [0, 0.1) is 21.4 Å². The van der Waals surface area contributed by atoms with E-state index in [2.05, 4.69) is 21.3 Å². The van der Waals surface area contributed by atoms with Gasteiger partial charge in [-0.1, -0.05) is 0 Å². The fourth-order valence-electron chi connectivity index (χ4n) is 5.42. The number of carbonyl (C=O) groups is 6. The molecular formula is C37H49I6N7O15. The Hall–Kier alpha value is -0.760. The van der Waals surface area contributed by atoms with Crippen LogP contribution in [0.25, 0.3) is 0 Å². The molecule has 0 aliphatic rings. The zero-order chi connectivity index (χ0) is 49.5. The van der Waals surface area contributed by atoms with E-state index >= 15 is 0 Å². The first-order valence-corrected chi connectivity index (χ1v) is 25.5. The van der Waals surface area contributed by atoms with Gasteiger partial charge in [0.1, 0.15) is 0 Å². The van der Waals surface area contributed by atoms with E-state index in [4.69, 9.17) is 4.74 Å². The van der Waals surface area contributed by atoms with E-state index in [1.54, 1.807) is 45.2 Å². The number of anilines is 2. The molecule has 2 rings (SSSR count). The number of rotatable bonds is 25. The van der Waals surface area contributed by atoms with E-state index < -0.39 is 99.4 Å². The maximum absolute atomic E-state index is 14.3. The molecule has 0 saturated heterocycles. The van der Waals surface area contributed by atoms with Gasteiger partial charge >= 0.3 is 0 Å². The molecule has 2 aromatic carbocycles. The Balaban J connectivity index is 2.68. The predicted octanol–water partition coefficient (Wildman–Crippen LogP) is -1.78. The van der Waals surface area contributed by atoms with Gasteiger partial charge in [-0.25, -0.2) is 0 Å². The van der Waals surface area contributed by atoms with Crippen LogP contribution in [0.1, 0.15) is 41.4 Å². The van der Waals surface area contributed by atoms with Gasteiger partial charge in [-0.2, -0.15) is 0 Å². The standard InChI is InChI=1S/C37H49I6N7O15/c1-48(32-28(40)22(34(61)44-6-16(55)12-51)26(38)23(29(32)41)35(62)45-7-17(56)13-52)20(59)10-50(4-5-65-3)11-21(60)49(2)33-30(42)24(36(63)46-8-18(57)14-53)27(39)25(31(33)43)37(64)47-9-19(58)15-54/h16-19,51-58H,4-15H2,1-3H3,(H,44,61)(H,45,62)(H,46,63)(H,47,64). The highest BCUT2D eigenvalue weighted by Crippen LogP contribution is 2.39. The van der Waals surface area contributed by atoms with E-state index in [-0.39, 0.29) is 94.4 Å². The van der Waals surface area contributed by atoms with Gasteiger partial charge in [0.05, 0.1) is 118 Å². The number of halogens is 6. The number of nitrogens with one attached hydrogen (secondary N) is 4. The van der Waals surface area contributed by atoms with E-state index in [0.29, 0.717) is 0 Å². The van der Waals surface area contributed by atoms with Crippen molar-refractivity contribution in [1.82, 2.24) is 26.2 Å². The maximum Gasteiger partial charge on any atom is 0.253 e. The Morgan fingerprint density at radius 2 is 0.738 bits per heavy atom. The van der Waals surface area contributed by atoms with Crippen LogP contribution in [0.2, 0.25) is 0 Å². The Morgan fingerprint density at radius 3 is 0.954 bits per heavy atom. The first-order chi connectivity index (χ1) is 30.5. The van der Waals surface area contributed by atoms with Crippen molar-refractivity contribution in [2.75, 3.05) is 110 Å². The third kappa shape index (κ3) is 16.7. The molecule has 364 valence electrons. The number of hydrogen-bond acceptors (Lipinski definition) is 16. The smallest absolute Gasteiger partial charge is 0.253 e. The van der Waals surface area contributed by atoms with Crippen molar-refractivity contribution in [3.05, 3.63) is 43.7 Å². The number of likely N-dealkylation sites (N-methyl/N-ethyl adjacent to an activating group) is 2. The van der Waals surface area contributed by atoms with Gasteiger partial charge in [0.15, 0.2) is 0 Å². The van der Waals surface area contributed by atoms with Crippen LogP contribution in [0.15, 0.2) is 0 Å². The molecule has 0 radical (unpaired) electrons. The molecule has 4 atom stereocenters. The lowest BCUT2D eigenvalue weighted by atomic mass is 10.1. The minimum Gasteiger partial charge on any atom is -0.394 e. The summed E-state index contributed by atoms with van der Waals surface area (Å²) in [6.07, 6.45) is -5.17. The molecule has 0 saturated carbocycles. The molecule has 28 heteroatoms. The van der Waals surface area contributed by atoms with E-state index in [1.165, 1.54) is 35.9 Å². The number of hydrogen-bond donors (Lipinski definition) is 12. The minimum absolute atomic E-state index is 0.0377. The molecule has 4 unspecified atom stereocenters. The van der Waals surface area contributed by atoms with Crippen LogP contribution in [0.3, 0.4) is 0 Å². The van der Waals surface area contributed by atoms with Gasteiger partial charge in [-0.15, -0.1) is 0 Å². The third-order valence-electron chi connectivity index (χ3n) is 9.08. The number of methoxy groups -OCH3 is 1. The number of amides is 6. The number of nitrogens with zero attached hydrogens (tertiary/aromatic N) is 3. The molecule has 0 aliphatic heterocycles. The number of aliphatic hydroxyl groups is 8. The van der Waals surface area contributed by atoms with Crippen LogP contribution < -0.4 is 31.1 Å². The monoisotopic (exact) mass is 1590 g/mol. The lowest BCUT2D eigenvalue weighted by Gasteiger charge is -2.30. The zero-order valence-electron chi connectivity index (χ0n) is 34.8. The summed E-state index contributed by atoms with van der Waals surface area (Å²) in [5, 5.41) is 86.9. The number of carbonyl (C=O) groups excluding carboxylic acids is 6. The highest BCUT2D eigenvalue weighted by Gasteiger charge is 2.34. The van der Waals surface area contributed by atoms with Crippen molar-refractivity contribution in [2.45, 2.75) is 24.4 Å². The van der Waals surface area contributed by atoms with Crippen molar-refractivity contribution in [3.8, 4) is 0 Å². The Kier molecular flexibility index (Phi) is 27.3. The lowest BCUT2D eigenvalue weighted by molar-refractivity contribution is -0.122. The summed E-state index contributed by atoms with van der Waals surface area (Å²) in [5.74, 6) is -4.17. The second-order valence-electron chi connectivity index (χ2n) is 13.9. The summed E-state index contributed by atoms with van der Waals surface area (Å²) < 4.78 is 6.52. The highest BCUT2D eigenvalue weighted by molar-refractivity contribution is 14.1. The van der Waals surface area contributed by atoms with Crippen molar-refractivity contribution < 1.29 is 74.4 Å². The molecule has 0 fully saturated rings. The fourth-order valence-corrected chi connectivity index (χ4v) is 15.2. The summed E-state index contributed by atoms with van der Waals surface area (Å²) in [7, 11) is 4.23. The average Bonchev–Trinajstić information content (AvgIpc) is 3.26. The second-order valence-corrected chi connectivity index (χ2v) is 20.3. The minimum atomic E-state index is -1.29. The highest BCUT2D eigenvalue weighted by atomic mass is 127. The molecule has 0 aliphatic carbocycles. The summed E-state index contributed by atoms with van der Waals surface area (Å²) in [4.78, 5) is 86.8. The lowest BCUT2D eigenvalue weighted by Crippen LogP contribution is -2.46. The molecule has 22 nitrogen and oxygen atoms in total. The van der Waals surface area contributed by atoms with Gasteiger partial charge in [0, 0.05) is 61.1 Å². The molecule has 0 bridgehead atoms. The first-order valence-electron chi connectivity index (χ1n) is 19.0. The van der Waals surface area contributed by atoms with E-state index in [0.717, 1.165) is 0 Å². The van der Waals surface area contributed by atoms with E-state index in [9.17, 15) is 69.6 Å². The number of benzene rings is 2. The summed E-state index contributed by atoms with van der Waals surface area (Å²) >= 11 is 11.0. The molecule has 0 heterocycles. The second kappa shape index (κ2) is 29.4. The van der Waals surface area contributed by atoms with Gasteiger partial charge in [-0.05, 0) is 136 Å². The van der Waals surface area contributed by atoms with Crippen LogP contribution >= 0.6 is 136 Å². The van der Waals surface area contributed by atoms with Crippen molar-refractivity contribution in [3.63, 3.8) is 0 Å². The quantitative estimate of drug-likeness (QED) is 0.0489. The Labute approximate surface area is 455 Å². The Bertz CT molecular complexity index is 1810. The molecule has 12 N–H and O–H groups in total. The van der Waals surface area contributed by atoms with Crippen molar-refractivity contribution in [1.29, 1.82) is 0 Å². The van der Waals surface area contributed by atoms with Crippen molar-refractivity contribution in [2.24, 2.45) is 0 Å². The third-order valence-corrected chi connectivity index (χ3v) is 15.4. The van der Waals surface area contributed by atoms with Gasteiger partial charge in [-0.3, -0.25) is 33.7 Å². The van der Waals surface area contributed by atoms with Gasteiger partial charge < -0.3 is 76.7 Å². The van der Waals surface area contributed by atoms with Crippen LogP contribution in [0.4, 0.5) is 11.4 Å². The van der Waals surface area contributed by atoms with Crippen LogP contribution in [-0.2, 0) is 14.3 Å². The largest absolute Gasteiger partial charge is 0.394 e. The number of ether oxygens (including phenoxy) is 1. The molecule has 6 amide bonds. The normalized spacial score (nSPS) is 13.1. The molecule has 2 aromatic rings. The van der Waals surface area contributed by atoms with Crippen LogP contribution in [0.5, 0.6) is 0 Å². The SMILES string of the molecule is COCCN(CC(=O)N(C)c1c(I)c(C(=O)NCC(O)CO)c(I)c(C(=O)NCC(O)CO)c1I)CC(=O)N(C)c1c(I)c(C(=O)NCC(O)CO)c(I)c(C(=O)NCC(O)CO)c1I. The van der Waals surface area contributed by atoms with E-state index in [1.807, 2.05) is 90.4 Å². The number of aliphatic hydroxyl groups excluding tert-OH is 8. The Morgan fingerprint density at radius 1 is 0.492 bits per heavy atom. The predicted molar refractivity (Wildman–Crippen MR) is 286 cm³/mol. The zero-order valence-corrected chi connectivity index (χ0v) is 47.8. The first kappa shape index (κ1) is 60.4. The summed E-state index contributed by atoms with van der Waals surface area (Å²) in [5.41, 5.74) is 0.109. The molecule has 65 heavy (non-hydrogen) atoms. The maximum atomic E-state index is 14.3. The molecular weight excluding hydrogens is 1540 g/mol. The fraction of sp³-hybridized carbons (Fsp3) is 0.514. The van der Waals surface area contributed by atoms with Gasteiger partial charge in [0.25, 0.3) is 23.6 Å². The molecule has 0 spiro atoms. The van der Waals surface area contributed by atoms with Crippen molar-refractivity contribution >= 4 is 182 Å². The topological polar surface area (TPSA) is 331 Å². The van der Waals surface area contributed by atoms with Crippen LogP contribution in [-0.4, -0.2) is 206 Å². The van der Waals surface area contributed by atoms with Gasteiger partial charge in [0.2, 0.25) is 11.8 Å². The average molecular weight is 1590 g/mol. The summed E-state index contributed by atoms with van der Waals surface area (Å²) in [6.45, 7) is -4.67. The summed E-state index contributed by atoms with van der Waals surface area (Å²) in [6, 6.07) is 0. The molecule has 0 aromatic heterocycles.